The molecular formula is C72H143NO5. The van der Waals surface area contributed by atoms with Crippen LogP contribution in [0.15, 0.2) is 0 Å². The van der Waals surface area contributed by atoms with Crippen molar-refractivity contribution >= 4 is 11.9 Å². The van der Waals surface area contributed by atoms with E-state index in [0.29, 0.717) is 25.9 Å². The van der Waals surface area contributed by atoms with Gasteiger partial charge in [0.1, 0.15) is 0 Å². The molecule has 1 amide bonds. The Balaban J connectivity index is 3.38. The average molecular weight is 1100 g/mol. The summed E-state index contributed by atoms with van der Waals surface area (Å²) in [5.41, 5.74) is 0. The lowest BCUT2D eigenvalue weighted by molar-refractivity contribution is -0.143. The molecule has 0 aromatic heterocycles. The SMILES string of the molecule is CCCCCCCCCCCCCCCCCCCCCCCCCCCC(O)C(CO)NC(=O)CCCCCCCCCCCCCCCCCCCOC(=O)CCCCCCCCCCCCCCCCCCCCC. The van der Waals surface area contributed by atoms with Crippen LogP contribution in [0.3, 0.4) is 0 Å². The molecule has 0 aliphatic heterocycles. The minimum absolute atomic E-state index is 0.0122. The second-order valence-electron chi connectivity index (χ2n) is 25.3. The van der Waals surface area contributed by atoms with E-state index in [1.54, 1.807) is 0 Å². The largest absolute Gasteiger partial charge is 0.466 e. The Morgan fingerprint density at radius 2 is 0.526 bits per heavy atom. The van der Waals surface area contributed by atoms with Crippen LogP contribution < -0.4 is 5.32 Å². The smallest absolute Gasteiger partial charge is 0.305 e. The fourth-order valence-corrected chi connectivity index (χ4v) is 11.9. The number of aliphatic hydroxyl groups is 2. The lowest BCUT2D eigenvalue weighted by Crippen LogP contribution is -2.45. The summed E-state index contributed by atoms with van der Waals surface area (Å²) in [5.74, 6) is -0.0217. The monoisotopic (exact) mass is 1100 g/mol. The number of hydrogen-bond acceptors (Lipinski definition) is 5. The molecule has 0 saturated heterocycles. The van der Waals surface area contributed by atoms with Gasteiger partial charge in [-0.05, 0) is 25.7 Å². The number of ether oxygens (including phenoxy) is 1. The summed E-state index contributed by atoms with van der Waals surface area (Å²) < 4.78 is 5.51. The van der Waals surface area contributed by atoms with Gasteiger partial charge in [0.15, 0.2) is 0 Å². The summed E-state index contributed by atoms with van der Waals surface area (Å²) >= 11 is 0. The first kappa shape index (κ1) is 76.9. The summed E-state index contributed by atoms with van der Waals surface area (Å²) in [6.45, 7) is 5.00. The highest BCUT2D eigenvalue weighted by Crippen LogP contribution is 2.20. The Kier molecular flexibility index (Phi) is 67.4. The van der Waals surface area contributed by atoms with Crippen molar-refractivity contribution in [1.82, 2.24) is 5.32 Å². The van der Waals surface area contributed by atoms with Gasteiger partial charge in [-0.2, -0.15) is 0 Å². The molecule has 2 atom stereocenters. The van der Waals surface area contributed by atoms with Gasteiger partial charge in [0, 0.05) is 12.8 Å². The third-order valence-corrected chi connectivity index (χ3v) is 17.4. The van der Waals surface area contributed by atoms with Crippen LogP contribution in [0.4, 0.5) is 0 Å². The molecule has 0 saturated carbocycles. The number of esters is 1. The topological polar surface area (TPSA) is 95.9 Å². The lowest BCUT2D eigenvalue weighted by Gasteiger charge is -2.22. The first-order valence-corrected chi connectivity index (χ1v) is 36.3. The highest BCUT2D eigenvalue weighted by Gasteiger charge is 2.20. The molecule has 6 nitrogen and oxygen atoms in total. The van der Waals surface area contributed by atoms with Gasteiger partial charge in [-0.1, -0.05) is 386 Å². The molecule has 0 aliphatic rings. The summed E-state index contributed by atoms with van der Waals surface area (Å²) in [6, 6.07) is -0.546. The van der Waals surface area contributed by atoms with Crippen molar-refractivity contribution in [3.8, 4) is 0 Å². The summed E-state index contributed by atoms with van der Waals surface area (Å²) in [6.07, 6.45) is 82.9. The van der Waals surface area contributed by atoms with Crippen LogP contribution in [0.1, 0.15) is 425 Å². The van der Waals surface area contributed by atoms with Crippen molar-refractivity contribution in [3.63, 3.8) is 0 Å². The maximum atomic E-state index is 12.6. The standard InChI is InChI=1S/C72H143NO5/c1-3-5-7-9-11-13-15-17-19-21-23-24-25-26-27-28-30-32-36-40-44-48-52-56-60-64-70(75)69(68-74)73-71(76)65-61-57-53-49-45-41-37-33-31-35-39-43-47-51-55-59-63-67-78-72(77)66-62-58-54-50-46-42-38-34-29-22-20-18-16-14-12-10-8-6-4-2/h69-70,74-75H,3-68H2,1-2H3,(H,73,76). The molecular weight excluding hydrogens is 959 g/mol. The first-order chi connectivity index (χ1) is 38.5. The molecule has 0 heterocycles. The number of carbonyl (C=O) groups is 2. The molecule has 78 heavy (non-hydrogen) atoms. The van der Waals surface area contributed by atoms with E-state index in [2.05, 4.69) is 19.2 Å². The molecule has 466 valence electrons. The van der Waals surface area contributed by atoms with Crippen LogP contribution in [0.2, 0.25) is 0 Å². The molecule has 3 N–H and O–H groups in total. The fourth-order valence-electron chi connectivity index (χ4n) is 11.9. The number of aliphatic hydroxyl groups excluding tert-OH is 2. The molecule has 0 rings (SSSR count). The van der Waals surface area contributed by atoms with E-state index in [4.69, 9.17) is 4.74 Å². The van der Waals surface area contributed by atoms with Gasteiger partial charge in [-0.15, -0.1) is 0 Å². The highest BCUT2D eigenvalue weighted by atomic mass is 16.5. The van der Waals surface area contributed by atoms with E-state index in [9.17, 15) is 19.8 Å². The minimum Gasteiger partial charge on any atom is -0.466 e. The zero-order valence-corrected chi connectivity index (χ0v) is 53.4. The van der Waals surface area contributed by atoms with Crippen molar-refractivity contribution in [1.29, 1.82) is 0 Å². The number of nitrogens with one attached hydrogen (secondary N) is 1. The molecule has 0 aromatic carbocycles. The lowest BCUT2D eigenvalue weighted by atomic mass is 10.0. The molecule has 0 bridgehead atoms. The number of carbonyl (C=O) groups excluding carboxylic acids is 2. The highest BCUT2D eigenvalue weighted by molar-refractivity contribution is 5.76. The Hall–Kier alpha value is -1.14. The number of rotatable bonds is 69. The van der Waals surface area contributed by atoms with Gasteiger partial charge < -0.3 is 20.3 Å². The quantitative estimate of drug-likeness (QED) is 0.0417. The second-order valence-corrected chi connectivity index (χ2v) is 25.3. The Morgan fingerprint density at radius 1 is 0.308 bits per heavy atom. The predicted molar refractivity (Wildman–Crippen MR) is 343 cm³/mol. The van der Waals surface area contributed by atoms with Crippen LogP contribution in [0.5, 0.6) is 0 Å². The minimum atomic E-state index is -0.669. The van der Waals surface area contributed by atoms with Crippen molar-refractivity contribution < 1.29 is 24.5 Å². The number of amides is 1. The van der Waals surface area contributed by atoms with E-state index in [1.165, 1.54) is 353 Å². The van der Waals surface area contributed by atoms with Gasteiger partial charge >= 0.3 is 5.97 Å². The summed E-state index contributed by atoms with van der Waals surface area (Å²) in [5, 5.41) is 23.5. The zero-order valence-electron chi connectivity index (χ0n) is 53.4. The predicted octanol–water partition coefficient (Wildman–Crippen LogP) is 23.4. The van der Waals surface area contributed by atoms with E-state index < -0.39 is 12.1 Å². The van der Waals surface area contributed by atoms with E-state index in [-0.39, 0.29) is 18.5 Å². The zero-order chi connectivity index (χ0) is 56.4. The Bertz CT molecular complexity index is 1130. The normalized spacial score (nSPS) is 12.4. The van der Waals surface area contributed by atoms with Crippen LogP contribution in [0, 0.1) is 0 Å². The van der Waals surface area contributed by atoms with Gasteiger partial charge in [0.25, 0.3) is 0 Å². The maximum absolute atomic E-state index is 12.6. The second kappa shape index (κ2) is 68.4. The van der Waals surface area contributed by atoms with E-state index in [0.717, 1.165) is 38.5 Å². The Morgan fingerprint density at radius 3 is 0.782 bits per heavy atom. The molecule has 6 heteroatoms. The molecule has 0 spiro atoms. The molecule has 2 unspecified atom stereocenters. The average Bonchev–Trinajstić information content (AvgIpc) is 3.44. The Labute approximate surface area is 489 Å². The van der Waals surface area contributed by atoms with Gasteiger partial charge in [-0.25, -0.2) is 0 Å². The van der Waals surface area contributed by atoms with Gasteiger partial charge in [0.05, 0.1) is 25.4 Å². The van der Waals surface area contributed by atoms with Crippen molar-refractivity contribution in [2.75, 3.05) is 13.2 Å². The van der Waals surface area contributed by atoms with Crippen LogP contribution in [-0.2, 0) is 14.3 Å². The molecule has 0 aromatic rings. The molecule has 0 aliphatic carbocycles. The summed E-state index contributed by atoms with van der Waals surface area (Å²) in [4.78, 5) is 24.7. The van der Waals surface area contributed by atoms with Crippen LogP contribution in [0.25, 0.3) is 0 Å². The van der Waals surface area contributed by atoms with Crippen LogP contribution >= 0.6 is 0 Å². The fraction of sp³-hybridized carbons (Fsp3) is 0.972. The van der Waals surface area contributed by atoms with Crippen molar-refractivity contribution in [3.05, 3.63) is 0 Å². The number of unbranched alkanes of at least 4 members (excludes halogenated alkanes) is 58. The van der Waals surface area contributed by atoms with Crippen LogP contribution in [-0.4, -0.2) is 47.4 Å². The molecule has 0 fully saturated rings. The van der Waals surface area contributed by atoms with E-state index >= 15 is 0 Å². The number of hydrogen-bond donors (Lipinski definition) is 3. The van der Waals surface area contributed by atoms with E-state index in [1.807, 2.05) is 0 Å². The van der Waals surface area contributed by atoms with Gasteiger partial charge in [-0.3, -0.25) is 9.59 Å². The third kappa shape index (κ3) is 64.0. The van der Waals surface area contributed by atoms with Crippen molar-refractivity contribution in [2.24, 2.45) is 0 Å². The molecule has 0 radical (unpaired) electrons. The first-order valence-electron chi connectivity index (χ1n) is 36.3. The van der Waals surface area contributed by atoms with Crippen molar-refractivity contribution in [2.45, 2.75) is 437 Å². The summed E-state index contributed by atoms with van der Waals surface area (Å²) in [7, 11) is 0. The van der Waals surface area contributed by atoms with Gasteiger partial charge in [0.2, 0.25) is 5.91 Å². The maximum Gasteiger partial charge on any atom is 0.305 e. The third-order valence-electron chi connectivity index (χ3n) is 17.4.